The van der Waals surface area contributed by atoms with Gasteiger partial charge in [-0.2, -0.15) is 0 Å². The minimum atomic E-state index is -1.67. The number of allylic oxidation sites excluding steroid dienone is 1. The summed E-state index contributed by atoms with van der Waals surface area (Å²) in [7, 11) is -1.67. The van der Waals surface area contributed by atoms with Crippen molar-refractivity contribution >= 4 is 40.2 Å². The molecule has 0 amide bonds. The maximum absolute atomic E-state index is 4.05. The molecule has 0 fully saturated rings. The first-order valence-corrected chi connectivity index (χ1v) is 9.51. The summed E-state index contributed by atoms with van der Waals surface area (Å²) >= 11 is 0. The average Bonchev–Trinajstić information content (AvgIpc) is 2.62. The minimum Gasteiger partial charge on any atom is -0.114 e. The molecule has 3 aromatic carbocycles. The van der Waals surface area contributed by atoms with E-state index in [0.717, 1.165) is 6.16 Å². The highest BCUT2D eigenvalue weighted by Gasteiger charge is 2.43. The van der Waals surface area contributed by atoms with E-state index in [4.69, 9.17) is 0 Å². The van der Waals surface area contributed by atoms with Crippen LogP contribution in [0.5, 0.6) is 0 Å². The van der Waals surface area contributed by atoms with E-state index in [1.807, 2.05) is 0 Å². The van der Waals surface area contributed by atoms with Crippen LogP contribution in [-0.2, 0) is 0 Å². The van der Waals surface area contributed by atoms with Crippen LogP contribution in [0.2, 0.25) is 0 Å². The molecule has 23 heavy (non-hydrogen) atoms. The molecule has 2 heteroatoms. The first kappa shape index (κ1) is 17.7. The summed E-state index contributed by atoms with van der Waals surface area (Å²) in [6, 6.07) is 32.7. The molecule has 0 aliphatic rings. The minimum absolute atomic E-state index is 0. The van der Waals surface area contributed by atoms with E-state index >= 15 is 0 Å². The lowest BCUT2D eigenvalue weighted by atomic mass is 10.4. The molecule has 0 aliphatic carbocycles. The monoisotopic (exact) mass is 383 g/mol. The molecule has 3 aromatic rings. The quantitative estimate of drug-likeness (QED) is 0.440. The fourth-order valence-electron chi connectivity index (χ4n) is 3.00. The molecule has 0 saturated carbocycles. The van der Waals surface area contributed by atoms with Crippen molar-refractivity contribution in [1.82, 2.24) is 0 Å². The molecule has 0 N–H and O–H groups in total. The van der Waals surface area contributed by atoms with Gasteiger partial charge in [-0.05, 0) is 36.4 Å². The van der Waals surface area contributed by atoms with Crippen LogP contribution in [0.15, 0.2) is 104 Å². The zero-order valence-electron chi connectivity index (χ0n) is 13.0. The van der Waals surface area contributed by atoms with Crippen LogP contribution in [0.1, 0.15) is 0 Å². The maximum atomic E-state index is 4.05. The maximum Gasteiger partial charge on any atom is 0.115 e. The summed E-state index contributed by atoms with van der Waals surface area (Å²) in [5.74, 6) is 0. The predicted octanol–water partition coefficient (Wildman–Crippen LogP) is 4.74. The lowest BCUT2D eigenvalue weighted by Crippen LogP contribution is -2.32. The van der Waals surface area contributed by atoms with Crippen LogP contribution < -0.4 is 15.9 Å². The molecule has 116 valence electrons. The Labute approximate surface area is 150 Å². The third kappa shape index (κ3) is 3.47. The van der Waals surface area contributed by atoms with Crippen molar-refractivity contribution in [3.8, 4) is 0 Å². The number of halogens is 1. The van der Waals surface area contributed by atoms with Crippen molar-refractivity contribution in [2.75, 3.05) is 6.16 Å². The summed E-state index contributed by atoms with van der Waals surface area (Å²) in [4.78, 5) is 0. The second-order valence-electron chi connectivity index (χ2n) is 5.29. The Kier molecular flexibility index (Phi) is 6.33. The molecule has 0 heterocycles. The Balaban J connectivity index is 0.00000192. The van der Waals surface area contributed by atoms with E-state index in [9.17, 15) is 0 Å². The largest absolute Gasteiger partial charge is 0.115 e. The van der Waals surface area contributed by atoms with Crippen LogP contribution in [0.4, 0.5) is 0 Å². The van der Waals surface area contributed by atoms with Crippen molar-refractivity contribution in [3.05, 3.63) is 104 Å². The molecule has 0 aromatic heterocycles. The van der Waals surface area contributed by atoms with Crippen LogP contribution in [0, 0.1) is 0 Å². The second kappa shape index (κ2) is 8.24. The summed E-state index contributed by atoms with van der Waals surface area (Å²) in [6.45, 7) is 4.05. The molecule has 3 rings (SSSR count). The van der Waals surface area contributed by atoms with Crippen LogP contribution in [0.25, 0.3) is 0 Å². The average molecular weight is 384 g/mol. The summed E-state index contributed by atoms with van der Waals surface area (Å²) < 4.78 is 0. The predicted molar refractivity (Wildman–Crippen MR) is 111 cm³/mol. The Morgan fingerprint density at radius 3 is 1.17 bits per heavy atom. The first-order valence-electron chi connectivity index (χ1n) is 7.54. The van der Waals surface area contributed by atoms with Gasteiger partial charge in [0.2, 0.25) is 0 Å². The smallest absolute Gasteiger partial charge is 0.114 e. The van der Waals surface area contributed by atoms with Crippen molar-refractivity contribution in [1.29, 1.82) is 0 Å². The summed E-state index contributed by atoms with van der Waals surface area (Å²) in [5.41, 5.74) is 0. The zero-order valence-corrected chi connectivity index (χ0v) is 15.6. The summed E-state index contributed by atoms with van der Waals surface area (Å²) in [6.07, 6.45) is 3.05. The normalized spacial score (nSPS) is 10.6. The fourth-order valence-corrected chi connectivity index (χ4v) is 6.96. The van der Waals surface area contributed by atoms with Crippen molar-refractivity contribution in [2.24, 2.45) is 0 Å². The Morgan fingerprint density at radius 2 is 0.913 bits per heavy atom. The SMILES string of the molecule is Br.C=CC[P+](c1ccccc1)(c1ccccc1)c1ccccc1. The van der Waals surface area contributed by atoms with Gasteiger partial charge >= 0.3 is 0 Å². The molecule has 0 spiro atoms. The highest BCUT2D eigenvalue weighted by atomic mass is 79.9. The molecule has 0 unspecified atom stereocenters. The Hall–Kier alpha value is -1.69. The first-order chi connectivity index (χ1) is 10.9. The fraction of sp³-hybridized carbons (Fsp3) is 0.0476. The van der Waals surface area contributed by atoms with E-state index in [2.05, 4.69) is 104 Å². The van der Waals surface area contributed by atoms with Gasteiger partial charge in [-0.3, -0.25) is 0 Å². The highest BCUT2D eigenvalue weighted by Crippen LogP contribution is 2.55. The van der Waals surface area contributed by atoms with E-state index in [1.54, 1.807) is 0 Å². The Morgan fingerprint density at radius 1 is 0.609 bits per heavy atom. The van der Waals surface area contributed by atoms with Crippen molar-refractivity contribution in [3.63, 3.8) is 0 Å². The number of hydrogen-bond donors (Lipinski definition) is 0. The van der Waals surface area contributed by atoms with Crippen LogP contribution in [0.3, 0.4) is 0 Å². The van der Waals surface area contributed by atoms with E-state index in [-0.39, 0.29) is 17.0 Å². The van der Waals surface area contributed by atoms with Crippen molar-refractivity contribution < 1.29 is 0 Å². The topological polar surface area (TPSA) is 0 Å². The third-order valence-corrected chi connectivity index (χ3v) is 8.34. The van der Waals surface area contributed by atoms with Gasteiger partial charge in [0.15, 0.2) is 0 Å². The van der Waals surface area contributed by atoms with E-state index in [0.29, 0.717) is 0 Å². The molecule has 0 atom stereocenters. The van der Waals surface area contributed by atoms with Gasteiger partial charge in [0.05, 0.1) is 6.16 Å². The number of hydrogen-bond acceptors (Lipinski definition) is 0. The van der Waals surface area contributed by atoms with Crippen LogP contribution in [-0.4, -0.2) is 6.16 Å². The van der Waals surface area contributed by atoms with Gasteiger partial charge in [0, 0.05) is 0 Å². The van der Waals surface area contributed by atoms with E-state index < -0.39 is 7.26 Å². The summed E-state index contributed by atoms with van der Waals surface area (Å²) in [5, 5.41) is 4.23. The highest BCUT2D eigenvalue weighted by molar-refractivity contribution is 8.93. The number of benzene rings is 3. The van der Waals surface area contributed by atoms with Crippen LogP contribution >= 0.6 is 24.2 Å². The van der Waals surface area contributed by atoms with E-state index in [1.165, 1.54) is 15.9 Å². The molecule has 0 aliphatic heterocycles. The van der Waals surface area contributed by atoms with Gasteiger partial charge in [0.1, 0.15) is 23.2 Å². The Bertz CT molecular complexity index is 627. The standard InChI is InChI=1S/C21H20P.BrH/c1-2-18-22(19-12-6-3-7-13-19,20-14-8-4-9-15-20)21-16-10-5-11-17-21;/h2-17H,1,18H2;1H/q+1;. The lowest BCUT2D eigenvalue weighted by molar-refractivity contribution is 1.66. The molecule has 0 bridgehead atoms. The molecular formula is C21H21BrP+. The van der Waals surface area contributed by atoms with Crippen molar-refractivity contribution in [2.45, 2.75) is 0 Å². The van der Waals surface area contributed by atoms with Gasteiger partial charge in [-0.1, -0.05) is 67.3 Å². The molecular weight excluding hydrogens is 363 g/mol. The van der Waals surface area contributed by atoms with Gasteiger partial charge in [-0.15, -0.1) is 17.0 Å². The lowest BCUT2D eigenvalue weighted by Gasteiger charge is -2.26. The molecule has 0 saturated heterocycles. The van der Waals surface area contributed by atoms with Gasteiger partial charge in [-0.25, -0.2) is 0 Å². The number of rotatable bonds is 5. The zero-order chi connectivity index (χ0) is 15.3. The molecule has 0 nitrogen and oxygen atoms in total. The second-order valence-corrected chi connectivity index (χ2v) is 8.82. The van der Waals surface area contributed by atoms with Gasteiger partial charge in [0.25, 0.3) is 0 Å². The molecule has 0 radical (unpaired) electrons. The van der Waals surface area contributed by atoms with Gasteiger partial charge < -0.3 is 0 Å². The third-order valence-electron chi connectivity index (χ3n) is 3.99.